The first-order chi connectivity index (χ1) is 7.08. The fourth-order valence-electron chi connectivity index (χ4n) is 2.02. The maximum absolute atomic E-state index is 11.4. The van der Waals surface area contributed by atoms with Gasteiger partial charge in [-0.1, -0.05) is 6.42 Å². The summed E-state index contributed by atoms with van der Waals surface area (Å²) in [6.45, 7) is 4.35. The van der Waals surface area contributed by atoms with E-state index in [1.165, 1.54) is 6.42 Å². The highest BCUT2D eigenvalue weighted by atomic mass is 16.1. The number of hydrogen-bond donors (Lipinski definition) is 3. The van der Waals surface area contributed by atoms with E-state index in [1.807, 2.05) is 13.8 Å². The van der Waals surface area contributed by atoms with Gasteiger partial charge in [-0.25, -0.2) is 0 Å². The molecule has 0 saturated heterocycles. The Morgan fingerprint density at radius 3 is 2.80 bits per heavy atom. The minimum Gasteiger partial charge on any atom is -0.353 e. The van der Waals surface area contributed by atoms with Gasteiger partial charge in [0, 0.05) is 18.1 Å². The van der Waals surface area contributed by atoms with Gasteiger partial charge in [-0.2, -0.15) is 0 Å². The van der Waals surface area contributed by atoms with Gasteiger partial charge in [0.2, 0.25) is 5.91 Å². The summed E-state index contributed by atoms with van der Waals surface area (Å²) in [5.74, 6) is 0.0733. The van der Waals surface area contributed by atoms with E-state index < -0.39 is 0 Å². The lowest BCUT2D eigenvalue weighted by Gasteiger charge is -2.27. The van der Waals surface area contributed by atoms with Gasteiger partial charge < -0.3 is 16.4 Å². The number of nitrogens with two attached hydrogens (primary N) is 1. The molecule has 0 heterocycles. The predicted octanol–water partition coefficient (Wildman–Crippen LogP) is 0.371. The Balaban J connectivity index is 2.16. The van der Waals surface area contributed by atoms with Crippen molar-refractivity contribution < 1.29 is 4.79 Å². The summed E-state index contributed by atoms with van der Waals surface area (Å²) < 4.78 is 0. The molecule has 0 aromatic heterocycles. The van der Waals surface area contributed by atoms with Crippen LogP contribution in [0.1, 0.15) is 39.5 Å². The standard InChI is InChI=1S/C11H23N3O/c1-8(2)14-11(15)7-13-10-5-3-4-9(12)6-10/h8-10,13H,3-7,12H2,1-2H3,(H,14,15). The van der Waals surface area contributed by atoms with Crippen LogP contribution in [0.3, 0.4) is 0 Å². The molecule has 4 N–H and O–H groups in total. The van der Waals surface area contributed by atoms with E-state index in [1.54, 1.807) is 0 Å². The Labute approximate surface area is 92.0 Å². The molecule has 1 aliphatic rings. The lowest BCUT2D eigenvalue weighted by atomic mass is 9.92. The molecular weight excluding hydrogens is 190 g/mol. The molecule has 88 valence electrons. The van der Waals surface area contributed by atoms with Gasteiger partial charge in [0.25, 0.3) is 0 Å². The van der Waals surface area contributed by atoms with Crippen LogP contribution in [0, 0.1) is 0 Å². The van der Waals surface area contributed by atoms with Gasteiger partial charge in [0.15, 0.2) is 0 Å². The molecule has 0 aromatic rings. The number of hydrogen-bond acceptors (Lipinski definition) is 3. The number of carbonyl (C=O) groups excluding carboxylic acids is 1. The SMILES string of the molecule is CC(C)NC(=O)CNC1CCCC(N)C1. The molecule has 1 aliphatic carbocycles. The lowest BCUT2D eigenvalue weighted by Crippen LogP contribution is -2.45. The fourth-order valence-corrected chi connectivity index (χ4v) is 2.02. The Morgan fingerprint density at radius 2 is 2.20 bits per heavy atom. The molecule has 0 bridgehead atoms. The Bertz CT molecular complexity index is 206. The smallest absolute Gasteiger partial charge is 0.234 e. The first kappa shape index (κ1) is 12.5. The molecule has 4 nitrogen and oxygen atoms in total. The molecule has 1 amide bonds. The molecule has 1 rings (SSSR count). The summed E-state index contributed by atoms with van der Waals surface area (Å²) in [6, 6.07) is 0.948. The fraction of sp³-hybridized carbons (Fsp3) is 0.909. The predicted molar refractivity (Wildman–Crippen MR) is 61.5 cm³/mol. The molecule has 2 atom stereocenters. The lowest BCUT2D eigenvalue weighted by molar-refractivity contribution is -0.120. The molecule has 15 heavy (non-hydrogen) atoms. The molecular formula is C11H23N3O. The zero-order chi connectivity index (χ0) is 11.3. The maximum atomic E-state index is 11.4. The van der Waals surface area contributed by atoms with Crippen molar-refractivity contribution >= 4 is 5.91 Å². The highest BCUT2D eigenvalue weighted by molar-refractivity contribution is 5.78. The molecule has 0 aliphatic heterocycles. The van der Waals surface area contributed by atoms with E-state index in [4.69, 9.17) is 5.73 Å². The Morgan fingerprint density at radius 1 is 1.47 bits per heavy atom. The molecule has 1 saturated carbocycles. The van der Waals surface area contributed by atoms with Crippen LogP contribution in [-0.4, -0.2) is 30.6 Å². The zero-order valence-electron chi connectivity index (χ0n) is 9.75. The van der Waals surface area contributed by atoms with Crippen molar-refractivity contribution in [3.63, 3.8) is 0 Å². The Hall–Kier alpha value is -0.610. The Kier molecular flexibility index (Phi) is 5.05. The average Bonchev–Trinajstić information content (AvgIpc) is 2.14. The van der Waals surface area contributed by atoms with Crippen molar-refractivity contribution in [2.45, 2.75) is 57.7 Å². The summed E-state index contributed by atoms with van der Waals surface area (Å²) in [5.41, 5.74) is 5.87. The van der Waals surface area contributed by atoms with Crippen molar-refractivity contribution in [1.82, 2.24) is 10.6 Å². The van der Waals surface area contributed by atoms with E-state index in [-0.39, 0.29) is 11.9 Å². The molecule has 0 radical (unpaired) electrons. The normalized spacial score (nSPS) is 26.7. The van der Waals surface area contributed by atoms with Crippen LogP contribution in [0.2, 0.25) is 0 Å². The quantitative estimate of drug-likeness (QED) is 0.632. The topological polar surface area (TPSA) is 67.2 Å². The number of carbonyl (C=O) groups is 1. The second-order valence-corrected chi connectivity index (χ2v) is 4.73. The van der Waals surface area contributed by atoms with Crippen LogP contribution in [0.25, 0.3) is 0 Å². The minimum atomic E-state index is 0.0733. The van der Waals surface area contributed by atoms with E-state index in [0.717, 1.165) is 19.3 Å². The molecule has 2 unspecified atom stereocenters. The van der Waals surface area contributed by atoms with Crippen LogP contribution in [0.15, 0.2) is 0 Å². The van der Waals surface area contributed by atoms with Crippen LogP contribution >= 0.6 is 0 Å². The molecule has 0 aromatic carbocycles. The third-order valence-corrected chi connectivity index (χ3v) is 2.72. The van der Waals surface area contributed by atoms with Crippen LogP contribution in [-0.2, 0) is 4.79 Å². The minimum absolute atomic E-state index is 0.0733. The summed E-state index contributed by atoms with van der Waals surface area (Å²) in [4.78, 5) is 11.4. The first-order valence-electron chi connectivity index (χ1n) is 5.86. The summed E-state index contributed by atoms with van der Waals surface area (Å²) in [5, 5.41) is 6.13. The zero-order valence-corrected chi connectivity index (χ0v) is 9.75. The second kappa shape index (κ2) is 6.08. The average molecular weight is 213 g/mol. The molecule has 0 spiro atoms. The van der Waals surface area contributed by atoms with Gasteiger partial charge in [0.05, 0.1) is 6.54 Å². The first-order valence-corrected chi connectivity index (χ1v) is 5.86. The third kappa shape index (κ3) is 5.14. The van der Waals surface area contributed by atoms with Crippen molar-refractivity contribution in [1.29, 1.82) is 0 Å². The van der Waals surface area contributed by atoms with Crippen molar-refractivity contribution in [3.05, 3.63) is 0 Å². The van der Waals surface area contributed by atoms with Crippen molar-refractivity contribution in [2.24, 2.45) is 5.73 Å². The second-order valence-electron chi connectivity index (χ2n) is 4.73. The van der Waals surface area contributed by atoms with Gasteiger partial charge in [0.1, 0.15) is 0 Å². The largest absolute Gasteiger partial charge is 0.353 e. The summed E-state index contributed by atoms with van der Waals surface area (Å²) >= 11 is 0. The summed E-state index contributed by atoms with van der Waals surface area (Å²) in [6.07, 6.45) is 4.43. The van der Waals surface area contributed by atoms with Crippen LogP contribution in [0.5, 0.6) is 0 Å². The number of nitrogens with one attached hydrogen (secondary N) is 2. The van der Waals surface area contributed by atoms with Crippen LogP contribution in [0.4, 0.5) is 0 Å². The third-order valence-electron chi connectivity index (χ3n) is 2.72. The van der Waals surface area contributed by atoms with Crippen LogP contribution < -0.4 is 16.4 Å². The maximum Gasteiger partial charge on any atom is 0.234 e. The molecule has 1 fully saturated rings. The highest BCUT2D eigenvalue weighted by Gasteiger charge is 2.19. The van der Waals surface area contributed by atoms with Gasteiger partial charge >= 0.3 is 0 Å². The van der Waals surface area contributed by atoms with E-state index >= 15 is 0 Å². The van der Waals surface area contributed by atoms with Crippen molar-refractivity contribution in [3.8, 4) is 0 Å². The van der Waals surface area contributed by atoms with Gasteiger partial charge in [-0.15, -0.1) is 0 Å². The van der Waals surface area contributed by atoms with E-state index in [2.05, 4.69) is 10.6 Å². The van der Waals surface area contributed by atoms with Gasteiger partial charge in [-0.05, 0) is 33.1 Å². The number of amides is 1. The van der Waals surface area contributed by atoms with Gasteiger partial charge in [-0.3, -0.25) is 4.79 Å². The molecule has 4 heteroatoms. The number of rotatable bonds is 4. The monoisotopic (exact) mass is 213 g/mol. The van der Waals surface area contributed by atoms with E-state index in [0.29, 0.717) is 18.6 Å². The highest BCUT2D eigenvalue weighted by Crippen LogP contribution is 2.16. The van der Waals surface area contributed by atoms with E-state index in [9.17, 15) is 4.79 Å². The summed E-state index contributed by atoms with van der Waals surface area (Å²) in [7, 11) is 0. The van der Waals surface area contributed by atoms with Crippen molar-refractivity contribution in [2.75, 3.05) is 6.54 Å².